The topological polar surface area (TPSA) is 75.1 Å². The number of H-pyrrole nitrogens is 1. The van der Waals surface area contributed by atoms with Gasteiger partial charge in [0.05, 0.1) is 24.0 Å². The van der Waals surface area contributed by atoms with E-state index in [9.17, 15) is 9.18 Å². The van der Waals surface area contributed by atoms with Gasteiger partial charge in [-0.3, -0.25) is 4.79 Å². The van der Waals surface area contributed by atoms with E-state index in [0.29, 0.717) is 28.6 Å². The fraction of sp³-hybridized carbons (Fsp3) is 0.118. The molecule has 0 aliphatic rings. The Morgan fingerprint density at radius 2 is 2.16 bits per heavy atom. The van der Waals surface area contributed by atoms with Crippen LogP contribution in [0.4, 0.5) is 4.39 Å². The molecule has 0 fully saturated rings. The second-order valence-electron chi connectivity index (χ2n) is 5.36. The Morgan fingerprint density at radius 3 is 2.84 bits per heavy atom. The summed E-state index contributed by atoms with van der Waals surface area (Å²) in [5.41, 5.74) is 4.97. The van der Waals surface area contributed by atoms with Gasteiger partial charge < -0.3 is 4.98 Å². The van der Waals surface area contributed by atoms with Crippen molar-refractivity contribution in [2.75, 3.05) is 0 Å². The number of aryl methyl sites for hydroxylation is 1. The Hall–Kier alpha value is -2.93. The molecule has 1 amide bonds. The van der Waals surface area contributed by atoms with Crippen molar-refractivity contribution in [1.82, 2.24) is 20.2 Å². The summed E-state index contributed by atoms with van der Waals surface area (Å²) in [7, 11) is 0. The fourth-order valence-electron chi connectivity index (χ4n) is 2.27. The quantitative estimate of drug-likeness (QED) is 0.542. The summed E-state index contributed by atoms with van der Waals surface area (Å²) >= 11 is 6.34. The van der Waals surface area contributed by atoms with Crippen LogP contribution in [0.25, 0.3) is 0 Å². The smallest absolute Gasteiger partial charge is 0.287 e. The van der Waals surface area contributed by atoms with Gasteiger partial charge in [-0.2, -0.15) is 10.2 Å². The van der Waals surface area contributed by atoms with Gasteiger partial charge in [-0.25, -0.2) is 14.5 Å². The van der Waals surface area contributed by atoms with Crippen molar-refractivity contribution in [3.05, 3.63) is 76.1 Å². The number of aromatic amines is 1. The van der Waals surface area contributed by atoms with Crippen molar-refractivity contribution < 1.29 is 9.18 Å². The number of halogens is 2. The lowest BCUT2D eigenvalue weighted by molar-refractivity contribution is 0.0951. The maximum absolute atomic E-state index is 13.0. The zero-order chi connectivity index (χ0) is 17.8. The number of benzene rings is 1. The van der Waals surface area contributed by atoms with Crippen LogP contribution in [0.3, 0.4) is 0 Å². The highest BCUT2D eigenvalue weighted by molar-refractivity contribution is 6.32. The summed E-state index contributed by atoms with van der Waals surface area (Å²) in [6.07, 6.45) is 3.10. The monoisotopic (exact) mass is 359 g/mol. The van der Waals surface area contributed by atoms with Crippen LogP contribution in [0.15, 0.2) is 47.7 Å². The average Bonchev–Trinajstić information content (AvgIpc) is 3.21. The van der Waals surface area contributed by atoms with Gasteiger partial charge in [0.15, 0.2) is 0 Å². The Morgan fingerprint density at radius 1 is 1.40 bits per heavy atom. The molecule has 0 bridgehead atoms. The molecule has 8 heteroatoms. The number of aromatic nitrogens is 3. The minimum atomic E-state index is -0.353. The second-order valence-corrected chi connectivity index (χ2v) is 5.71. The number of nitrogens with zero attached hydrogens (tertiary/aromatic N) is 3. The van der Waals surface area contributed by atoms with E-state index in [1.807, 2.05) is 0 Å². The Kier molecular flexibility index (Phi) is 4.95. The first kappa shape index (κ1) is 16.9. The Labute approximate surface area is 148 Å². The largest absolute Gasteiger partial charge is 0.357 e. The third-order valence-electron chi connectivity index (χ3n) is 3.56. The van der Waals surface area contributed by atoms with E-state index in [2.05, 4.69) is 20.6 Å². The van der Waals surface area contributed by atoms with Crippen molar-refractivity contribution in [1.29, 1.82) is 0 Å². The van der Waals surface area contributed by atoms with Crippen LogP contribution in [0.1, 0.15) is 27.3 Å². The summed E-state index contributed by atoms with van der Waals surface area (Å²) in [4.78, 5) is 14.6. The molecule has 0 aliphatic carbocycles. The van der Waals surface area contributed by atoms with E-state index in [4.69, 9.17) is 11.6 Å². The van der Waals surface area contributed by atoms with E-state index < -0.39 is 0 Å². The molecular weight excluding hydrogens is 345 g/mol. The first-order valence-corrected chi connectivity index (χ1v) is 7.86. The molecule has 3 aromatic rings. The number of amides is 1. The van der Waals surface area contributed by atoms with Crippen molar-refractivity contribution >= 4 is 23.7 Å². The molecule has 0 aliphatic heterocycles. The minimum absolute atomic E-state index is 0.294. The molecule has 1 aromatic carbocycles. The summed E-state index contributed by atoms with van der Waals surface area (Å²) < 4.78 is 14.6. The van der Waals surface area contributed by atoms with Crippen LogP contribution in [-0.4, -0.2) is 26.9 Å². The number of carbonyl (C=O) groups is 1. The third-order valence-corrected chi connectivity index (χ3v) is 3.96. The molecule has 25 heavy (non-hydrogen) atoms. The zero-order valence-corrected chi connectivity index (χ0v) is 14.1. The molecule has 2 aromatic heterocycles. The molecule has 0 radical (unpaired) electrons. The van der Waals surface area contributed by atoms with Gasteiger partial charge in [0.2, 0.25) is 0 Å². The van der Waals surface area contributed by atoms with Crippen molar-refractivity contribution in [2.24, 2.45) is 5.10 Å². The first-order chi connectivity index (χ1) is 12.0. The lowest BCUT2D eigenvalue weighted by atomic mass is 10.2. The van der Waals surface area contributed by atoms with E-state index in [1.165, 1.54) is 18.3 Å². The van der Waals surface area contributed by atoms with Gasteiger partial charge in [0.1, 0.15) is 16.7 Å². The highest BCUT2D eigenvalue weighted by Crippen LogP contribution is 2.19. The van der Waals surface area contributed by atoms with Crippen molar-refractivity contribution in [2.45, 2.75) is 13.5 Å². The van der Waals surface area contributed by atoms with Gasteiger partial charge in [0.25, 0.3) is 5.91 Å². The summed E-state index contributed by atoms with van der Waals surface area (Å²) in [6.45, 7) is 2.20. The normalized spacial score (nSPS) is 11.2. The fourth-order valence-corrected chi connectivity index (χ4v) is 2.55. The van der Waals surface area contributed by atoms with Crippen LogP contribution >= 0.6 is 11.6 Å². The molecule has 3 rings (SSSR count). The summed E-state index contributed by atoms with van der Waals surface area (Å²) in [5.74, 6) is -0.647. The molecule has 2 N–H and O–H groups in total. The van der Waals surface area contributed by atoms with Crippen LogP contribution < -0.4 is 5.43 Å². The number of hydrogen-bond acceptors (Lipinski definition) is 3. The first-order valence-electron chi connectivity index (χ1n) is 7.48. The molecule has 0 spiro atoms. The lowest BCUT2D eigenvalue weighted by Gasteiger charge is -2.03. The molecule has 6 nitrogen and oxygen atoms in total. The third kappa shape index (κ3) is 3.95. The van der Waals surface area contributed by atoms with E-state index in [-0.39, 0.29) is 11.7 Å². The number of hydrogen-bond donors (Lipinski definition) is 2. The SMILES string of the molecule is Cc1nn(Cc2ccc(F)cc2)c(Cl)c1/C=N\NC(=O)c1ccc[nH]1. The molecule has 2 heterocycles. The zero-order valence-electron chi connectivity index (χ0n) is 13.3. The average molecular weight is 360 g/mol. The standard InChI is InChI=1S/C17H15ClFN5O/c1-11-14(9-21-22-17(25)15-3-2-8-20-15)16(18)24(23-11)10-12-4-6-13(19)7-5-12/h2-9,20H,10H2,1H3,(H,22,25)/b21-9-. The van der Waals surface area contributed by atoms with Gasteiger partial charge in [0, 0.05) is 6.20 Å². The molecule has 128 valence electrons. The molecule has 0 saturated carbocycles. The molecule has 0 atom stereocenters. The van der Waals surface area contributed by atoms with Gasteiger partial charge >= 0.3 is 0 Å². The van der Waals surface area contributed by atoms with Crippen molar-refractivity contribution in [3.8, 4) is 0 Å². The van der Waals surface area contributed by atoms with Crippen LogP contribution in [0, 0.1) is 12.7 Å². The van der Waals surface area contributed by atoms with Crippen LogP contribution in [0.5, 0.6) is 0 Å². The maximum atomic E-state index is 13.0. The number of hydrazone groups is 1. The number of nitrogens with one attached hydrogen (secondary N) is 2. The van der Waals surface area contributed by atoms with E-state index in [0.717, 1.165) is 5.56 Å². The van der Waals surface area contributed by atoms with E-state index >= 15 is 0 Å². The maximum Gasteiger partial charge on any atom is 0.287 e. The minimum Gasteiger partial charge on any atom is -0.357 e. The van der Waals surface area contributed by atoms with Crippen LogP contribution in [0.2, 0.25) is 5.15 Å². The van der Waals surface area contributed by atoms with Crippen molar-refractivity contribution in [3.63, 3.8) is 0 Å². The molecule has 0 unspecified atom stereocenters. The van der Waals surface area contributed by atoms with Gasteiger partial charge in [-0.15, -0.1) is 0 Å². The van der Waals surface area contributed by atoms with Crippen LogP contribution in [-0.2, 0) is 6.54 Å². The van der Waals surface area contributed by atoms with Gasteiger partial charge in [-0.05, 0) is 36.8 Å². The predicted octanol–water partition coefficient (Wildman–Crippen LogP) is 3.12. The molecular formula is C17H15ClFN5O. The second kappa shape index (κ2) is 7.31. The summed E-state index contributed by atoms with van der Waals surface area (Å²) in [5, 5.41) is 8.66. The highest BCUT2D eigenvalue weighted by atomic mass is 35.5. The van der Waals surface area contributed by atoms with Gasteiger partial charge in [-0.1, -0.05) is 23.7 Å². The Balaban J connectivity index is 1.72. The highest BCUT2D eigenvalue weighted by Gasteiger charge is 2.12. The molecule has 0 saturated heterocycles. The summed E-state index contributed by atoms with van der Waals surface area (Å²) in [6, 6.07) is 9.49. The Bertz CT molecular complexity index is 900. The van der Waals surface area contributed by atoms with E-state index in [1.54, 1.807) is 42.1 Å². The lowest BCUT2D eigenvalue weighted by Crippen LogP contribution is -2.17. The number of rotatable bonds is 5. The number of carbonyl (C=O) groups excluding carboxylic acids is 1. The predicted molar refractivity (Wildman–Crippen MR) is 93.3 cm³/mol.